The molecule has 0 aliphatic carbocycles. The lowest BCUT2D eigenvalue weighted by molar-refractivity contribution is -0.132. The van der Waals surface area contributed by atoms with Crippen LogP contribution in [-0.2, 0) is 17.8 Å². The van der Waals surface area contributed by atoms with Gasteiger partial charge in [-0.05, 0) is 36.6 Å². The molecule has 0 bridgehead atoms. The second-order valence-corrected chi connectivity index (χ2v) is 6.08. The number of benzene rings is 1. The van der Waals surface area contributed by atoms with Gasteiger partial charge in [-0.25, -0.2) is 0 Å². The van der Waals surface area contributed by atoms with Crippen molar-refractivity contribution in [2.75, 3.05) is 7.11 Å². The van der Waals surface area contributed by atoms with Crippen LogP contribution in [0.5, 0.6) is 11.5 Å². The lowest BCUT2D eigenvalue weighted by atomic mass is 10.1. The summed E-state index contributed by atoms with van der Waals surface area (Å²) in [5, 5.41) is 18.1. The first-order valence-electron chi connectivity index (χ1n) is 8.53. The van der Waals surface area contributed by atoms with Crippen molar-refractivity contribution in [3.8, 4) is 17.6 Å². The van der Waals surface area contributed by atoms with Crippen LogP contribution in [-0.4, -0.2) is 27.8 Å². The van der Waals surface area contributed by atoms with E-state index in [9.17, 15) is 10.1 Å². The van der Waals surface area contributed by atoms with Crippen LogP contribution < -0.4 is 9.47 Å². The lowest BCUT2D eigenvalue weighted by Crippen LogP contribution is -2.05. The molecule has 26 heavy (non-hydrogen) atoms. The molecule has 7 heteroatoms. The maximum Gasteiger partial charge on any atom is 0.308 e. The molecule has 0 radical (unpaired) electrons. The summed E-state index contributed by atoms with van der Waals surface area (Å²) in [5.74, 6) is 1.86. The number of carbonyl (C=O) groups excluding carboxylic acids is 1. The van der Waals surface area contributed by atoms with Crippen molar-refractivity contribution in [3.05, 3.63) is 35.4 Å². The fraction of sp³-hybridized carbons (Fsp3) is 0.368. The summed E-state index contributed by atoms with van der Waals surface area (Å²) >= 11 is 0. The van der Waals surface area contributed by atoms with Crippen LogP contribution in [0.1, 0.15) is 43.4 Å². The number of fused-ring (bicyclic) bond motifs is 1. The van der Waals surface area contributed by atoms with Gasteiger partial charge in [-0.1, -0.05) is 12.5 Å². The van der Waals surface area contributed by atoms with E-state index in [1.807, 2.05) is 4.57 Å². The number of carbonyl (C=O) groups is 1. The first-order valence-corrected chi connectivity index (χ1v) is 8.53. The second-order valence-electron chi connectivity index (χ2n) is 6.08. The first kappa shape index (κ1) is 17.7. The Morgan fingerprint density at radius 3 is 2.85 bits per heavy atom. The summed E-state index contributed by atoms with van der Waals surface area (Å²) in [4.78, 5) is 11.2. The molecule has 1 aromatic heterocycles. The summed E-state index contributed by atoms with van der Waals surface area (Å²) in [6.07, 6.45) is 5.93. The number of hydrogen-bond acceptors (Lipinski definition) is 6. The van der Waals surface area contributed by atoms with E-state index in [2.05, 4.69) is 16.3 Å². The van der Waals surface area contributed by atoms with Crippen molar-refractivity contribution in [1.82, 2.24) is 14.8 Å². The summed E-state index contributed by atoms with van der Waals surface area (Å²) in [5.41, 5.74) is 1.19. The van der Waals surface area contributed by atoms with Crippen molar-refractivity contribution >= 4 is 17.6 Å². The molecule has 2 heterocycles. The number of methoxy groups -OCH3 is 1. The van der Waals surface area contributed by atoms with Gasteiger partial charge < -0.3 is 14.0 Å². The molecule has 1 aromatic carbocycles. The predicted octanol–water partition coefficient (Wildman–Crippen LogP) is 3.00. The number of aromatic nitrogens is 3. The van der Waals surface area contributed by atoms with Crippen LogP contribution in [0.15, 0.2) is 18.2 Å². The minimum Gasteiger partial charge on any atom is -0.493 e. The van der Waals surface area contributed by atoms with Gasteiger partial charge in [-0.3, -0.25) is 4.79 Å². The standard InChI is InChI=1S/C19H20N4O3/c1-13(24)26-16-8-7-14(11-17(16)25-2)10-15(12-20)19-22-21-18-6-4-3-5-9-23(18)19/h7-8,10-11H,3-6,9H2,1-2H3/b15-10-. The van der Waals surface area contributed by atoms with Crippen LogP contribution in [0.25, 0.3) is 11.6 Å². The molecule has 0 atom stereocenters. The summed E-state index contributed by atoms with van der Waals surface area (Å²) in [7, 11) is 1.50. The maximum atomic E-state index is 11.2. The molecule has 7 nitrogen and oxygen atoms in total. The Hall–Kier alpha value is -3.14. The molecule has 0 saturated carbocycles. The number of aryl methyl sites for hydroxylation is 1. The van der Waals surface area contributed by atoms with Gasteiger partial charge in [0.05, 0.1) is 12.7 Å². The third-order valence-electron chi connectivity index (χ3n) is 4.22. The lowest BCUT2D eigenvalue weighted by Gasteiger charge is -2.09. The van der Waals surface area contributed by atoms with Crippen LogP contribution in [0.3, 0.4) is 0 Å². The fourth-order valence-corrected chi connectivity index (χ4v) is 3.01. The third-order valence-corrected chi connectivity index (χ3v) is 4.22. The van der Waals surface area contributed by atoms with E-state index >= 15 is 0 Å². The van der Waals surface area contributed by atoms with Crippen LogP contribution in [0.4, 0.5) is 0 Å². The Balaban J connectivity index is 1.96. The molecule has 2 aromatic rings. The number of esters is 1. The van der Waals surface area contributed by atoms with Gasteiger partial charge in [0.2, 0.25) is 0 Å². The van der Waals surface area contributed by atoms with Crippen molar-refractivity contribution in [3.63, 3.8) is 0 Å². The average molecular weight is 352 g/mol. The number of ether oxygens (including phenoxy) is 2. The molecular weight excluding hydrogens is 332 g/mol. The van der Waals surface area contributed by atoms with E-state index in [0.717, 1.165) is 43.6 Å². The molecule has 1 aliphatic heterocycles. The maximum absolute atomic E-state index is 11.2. The first-order chi connectivity index (χ1) is 12.6. The zero-order valence-corrected chi connectivity index (χ0v) is 14.9. The van der Waals surface area contributed by atoms with Gasteiger partial charge in [-0.15, -0.1) is 10.2 Å². The molecular formula is C19H20N4O3. The molecule has 134 valence electrons. The van der Waals surface area contributed by atoms with Crippen molar-refractivity contribution in [1.29, 1.82) is 5.26 Å². The van der Waals surface area contributed by atoms with Gasteiger partial charge in [0, 0.05) is 19.9 Å². The van der Waals surface area contributed by atoms with Crippen LogP contribution in [0.2, 0.25) is 0 Å². The molecule has 0 spiro atoms. The molecule has 1 aliphatic rings. The highest BCUT2D eigenvalue weighted by Gasteiger charge is 2.18. The Morgan fingerprint density at radius 2 is 2.12 bits per heavy atom. The van der Waals surface area contributed by atoms with E-state index in [-0.39, 0.29) is 0 Å². The molecule has 0 N–H and O–H groups in total. The van der Waals surface area contributed by atoms with Gasteiger partial charge in [-0.2, -0.15) is 5.26 Å². The smallest absolute Gasteiger partial charge is 0.308 e. The van der Waals surface area contributed by atoms with E-state index in [4.69, 9.17) is 9.47 Å². The van der Waals surface area contributed by atoms with Crippen molar-refractivity contribution in [2.45, 2.75) is 39.2 Å². The van der Waals surface area contributed by atoms with Gasteiger partial charge >= 0.3 is 5.97 Å². The Kier molecular flexibility index (Phi) is 5.32. The molecule has 0 unspecified atom stereocenters. The van der Waals surface area contributed by atoms with Crippen LogP contribution in [0, 0.1) is 11.3 Å². The van der Waals surface area contributed by atoms with Gasteiger partial charge in [0.25, 0.3) is 0 Å². The normalized spacial score (nSPS) is 14.1. The van der Waals surface area contributed by atoms with Crippen molar-refractivity contribution < 1.29 is 14.3 Å². The van der Waals surface area contributed by atoms with Gasteiger partial charge in [0.1, 0.15) is 11.9 Å². The van der Waals surface area contributed by atoms with E-state index < -0.39 is 5.97 Å². The largest absolute Gasteiger partial charge is 0.493 e. The molecule has 0 fully saturated rings. The number of allylic oxidation sites excluding steroid dienone is 1. The minimum atomic E-state index is -0.421. The Bertz CT molecular complexity index is 893. The quantitative estimate of drug-likeness (QED) is 0.477. The summed E-state index contributed by atoms with van der Waals surface area (Å²) in [6, 6.07) is 7.34. The average Bonchev–Trinajstić information content (AvgIpc) is 2.88. The highest BCUT2D eigenvalue weighted by Crippen LogP contribution is 2.30. The SMILES string of the molecule is COc1cc(/C=C(/C#N)c2nnc3n2CCCCC3)ccc1OC(C)=O. The number of nitriles is 1. The second kappa shape index (κ2) is 7.83. The third kappa shape index (κ3) is 3.75. The highest BCUT2D eigenvalue weighted by molar-refractivity contribution is 5.87. The molecule has 3 rings (SSSR count). The predicted molar refractivity (Wildman–Crippen MR) is 95.4 cm³/mol. The number of hydrogen-bond donors (Lipinski definition) is 0. The summed E-state index contributed by atoms with van der Waals surface area (Å²) in [6.45, 7) is 2.16. The molecule has 0 saturated heterocycles. The minimum absolute atomic E-state index is 0.340. The van der Waals surface area contributed by atoms with Crippen LogP contribution >= 0.6 is 0 Å². The zero-order valence-electron chi connectivity index (χ0n) is 14.9. The highest BCUT2D eigenvalue weighted by atomic mass is 16.6. The van der Waals surface area contributed by atoms with E-state index in [1.54, 1.807) is 24.3 Å². The topological polar surface area (TPSA) is 90.0 Å². The summed E-state index contributed by atoms with van der Waals surface area (Å²) < 4.78 is 12.4. The van der Waals surface area contributed by atoms with E-state index in [1.165, 1.54) is 14.0 Å². The number of nitrogens with zero attached hydrogens (tertiary/aromatic N) is 4. The Morgan fingerprint density at radius 1 is 1.27 bits per heavy atom. The number of rotatable bonds is 4. The molecule has 0 amide bonds. The van der Waals surface area contributed by atoms with Gasteiger partial charge in [0.15, 0.2) is 17.3 Å². The fourth-order valence-electron chi connectivity index (χ4n) is 3.01. The van der Waals surface area contributed by atoms with E-state index in [0.29, 0.717) is 22.9 Å². The zero-order chi connectivity index (χ0) is 18.5. The Labute approximate surface area is 151 Å². The monoisotopic (exact) mass is 352 g/mol. The van der Waals surface area contributed by atoms with Crippen molar-refractivity contribution in [2.24, 2.45) is 0 Å².